The van der Waals surface area contributed by atoms with Crippen LogP contribution in [0.2, 0.25) is 0 Å². The fourth-order valence-electron chi connectivity index (χ4n) is 2.20. The second kappa shape index (κ2) is 5.83. The summed E-state index contributed by atoms with van der Waals surface area (Å²) >= 11 is 0. The molecule has 0 amide bonds. The van der Waals surface area contributed by atoms with E-state index in [0.717, 1.165) is 25.2 Å². The molecule has 1 aromatic carbocycles. The topological polar surface area (TPSA) is 29.9 Å². The van der Waals surface area contributed by atoms with Gasteiger partial charge in [0.15, 0.2) is 0 Å². The lowest BCUT2D eigenvalue weighted by Crippen LogP contribution is -2.14. The number of rotatable bonds is 5. The average molecular weight is 243 g/mol. The Bertz CT molecular complexity index is 514. The van der Waals surface area contributed by atoms with E-state index in [4.69, 9.17) is 0 Å². The maximum Gasteiger partial charge on any atom is 0.0672 e. The third-order valence-corrected chi connectivity index (χ3v) is 3.06. The molecule has 3 nitrogen and oxygen atoms in total. The highest BCUT2D eigenvalue weighted by atomic mass is 15.2. The van der Waals surface area contributed by atoms with E-state index in [2.05, 4.69) is 54.7 Å². The minimum absolute atomic E-state index is 0.915. The Kier molecular flexibility index (Phi) is 4.15. The zero-order valence-electron chi connectivity index (χ0n) is 11.4. The Labute approximate surface area is 109 Å². The molecular weight excluding hydrogens is 222 g/mol. The fourth-order valence-corrected chi connectivity index (χ4v) is 2.20. The van der Waals surface area contributed by atoms with E-state index < -0.39 is 0 Å². The Morgan fingerprint density at radius 3 is 2.67 bits per heavy atom. The van der Waals surface area contributed by atoms with Crippen LogP contribution in [-0.2, 0) is 13.6 Å². The van der Waals surface area contributed by atoms with Crippen LogP contribution in [0.4, 0.5) is 0 Å². The lowest BCUT2D eigenvalue weighted by Gasteiger charge is -2.09. The van der Waals surface area contributed by atoms with Crippen LogP contribution in [0.25, 0.3) is 11.1 Å². The monoisotopic (exact) mass is 243 g/mol. The number of hydrogen-bond acceptors (Lipinski definition) is 2. The van der Waals surface area contributed by atoms with Crippen molar-refractivity contribution < 1.29 is 0 Å². The maximum absolute atomic E-state index is 4.42. The Morgan fingerprint density at radius 2 is 2.00 bits per heavy atom. The SMILES string of the molecule is CCCNCc1ccccc1-c1cn(C)nc1C. The van der Waals surface area contributed by atoms with E-state index in [-0.39, 0.29) is 0 Å². The van der Waals surface area contributed by atoms with Crippen molar-refractivity contribution in [3.8, 4) is 11.1 Å². The second-order valence-electron chi connectivity index (χ2n) is 4.64. The Morgan fingerprint density at radius 1 is 1.22 bits per heavy atom. The van der Waals surface area contributed by atoms with Crippen molar-refractivity contribution in [2.45, 2.75) is 26.8 Å². The molecule has 0 spiro atoms. The largest absolute Gasteiger partial charge is 0.313 e. The van der Waals surface area contributed by atoms with Crippen LogP contribution in [0.3, 0.4) is 0 Å². The summed E-state index contributed by atoms with van der Waals surface area (Å²) in [6.07, 6.45) is 3.25. The van der Waals surface area contributed by atoms with Crippen LogP contribution in [0.15, 0.2) is 30.5 Å². The first-order valence-electron chi connectivity index (χ1n) is 6.51. The molecule has 1 heterocycles. The summed E-state index contributed by atoms with van der Waals surface area (Å²) in [6, 6.07) is 8.54. The van der Waals surface area contributed by atoms with Gasteiger partial charge in [-0.1, -0.05) is 31.2 Å². The van der Waals surface area contributed by atoms with E-state index in [1.54, 1.807) is 0 Å². The van der Waals surface area contributed by atoms with Gasteiger partial charge in [-0.2, -0.15) is 5.10 Å². The second-order valence-corrected chi connectivity index (χ2v) is 4.64. The van der Waals surface area contributed by atoms with Gasteiger partial charge >= 0.3 is 0 Å². The minimum Gasteiger partial charge on any atom is -0.313 e. The van der Waals surface area contributed by atoms with Gasteiger partial charge in [-0.05, 0) is 31.0 Å². The van der Waals surface area contributed by atoms with Gasteiger partial charge < -0.3 is 5.32 Å². The normalized spacial score (nSPS) is 10.8. The molecule has 96 valence electrons. The molecule has 0 aliphatic heterocycles. The summed E-state index contributed by atoms with van der Waals surface area (Å²) in [7, 11) is 1.97. The highest BCUT2D eigenvalue weighted by Crippen LogP contribution is 2.25. The molecule has 2 rings (SSSR count). The van der Waals surface area contributed by atoms with Gasteiger partial charge in [-0.3, -0.25) is 4.68 Å². The third-order valence-electron chi connectivity index (χ3n) is 3.06. The molecule has 3 heteroatoms. The molecule has 0 aliphatic rings. The number of hydrogen-bond donors (Lipinski definition) is 1. The van der Waals surface area contributed by atoms with Gasteiger partial charge in [0.2, 0.25) is 0 Å². The van der Waals surface area contributed by atoms with Crippen molar-refractivity contribution in [1.82, 2.24) is 15.1 Å². The van der Waals surface area contributed by atoms with Gasteiger partial charge in [0.1, 0.15) is 0 Å². The van der Waals surface area contributed by atoms with Gasteiger partial charge in [0.05, 0.1) is 5.69 Å². The third kappa shape index (κ3) is 2.79. The van der Waals surface area contributed by atoms with Crippen LogP contribution in [0.5, 0.6) is 0 Å². The molecule has 1 N–H and O–H groups in total. The zero-order valence-corrected chi connectivity index (χ0v) is 11.4. The molecule has 0 saturated heterocycles. The molecule has 0 saturated carbocycles. The molecule has 18 heavy (non-hydrogen) atoms. The summed E-state index contributed by atoms with van der Waals surface area (Å²) in [6.45, 7) is 6.22. The zero-order chi connectivity index (χ0) is 13.0. The first-order valence-corrected chi connectivity index (χ1v) is 6.51. The summed E-state index contributed by atoms with van der Waals surface area (Å²) in [4.78, 5) is 0. The smallest absolute Gasteiger partial charge is 0.0672 e. The van der Waals surface area contributed by atoms with E-state index in [9.17, 15) is 0 Å². The number of aromatic nitrogens is 2. The molecule has 0 bridgehead atoms. The maximum atomic E-state index is 4.42. The number of benzene rings is 1. The first-order chi connectivity index (χ1) is 8.72. The van der Waals surface area contributed by atoms with Crippen LogP contribution >= 0.6 is 0 Å². The lowest BCUT2D eigenvalue weighted by molar-refractivity contribution is 0.676. The van der Waals surface area contributed by atoms with Crippen LogP contribution in [0, 0.1) is 6.92 Å². The van der Waals surface area contributed by atoms with Gasteiger partial charge in [-0.15, -0.1) is 0 Å². The van der Waals surface area contributed by atoms with E-state index >= 15 is 0 Å². The lowest BCUT2D eigenvalue weighted by atomic mass is 10.0. The Balaban J connectivity index is 2.29. The van der Waals surface area contributed by atoms with Crippen molar-refractivity contribution in [2.24, 2.45) is 7.05 Å². The number of nitrogens with zero attached hydrogens (tertiary/aromatic N) is 2. The number of nitrogens with one attached hydrogen (secondary N) is 1. The summed E-state index contributed by atoms with van der Waals surface area (Å²) < 4.78 is 1.88. The molecule has 1 aromatic heterocycles. The molecule has 0 radical (unpaired) electrons. The van der Waals surface area contributed by atoms with E-state index in [1.807, 2.05) is 11.7 Å². The van der Waals surface area contributed by atoms with Crippen molar-refractivity contribution in [3.05, 3.63) is 41.7 Å². The van der Waals surface area contributed by atoms with Crippen molar-refractivity contribution >= 4 is 0 Å². The Hall–Kier alpha value is -1.61. The minimum atomic E-state index is 0.915. The molecule has 2 aromatic rings. The summed E-state index contributed by atoms with van der Waals surface area (Å²) in [5.41, 5.74) is 4.93. The standard InChI is InChI=1S/C15H21N3/c1-4-9-16-10-13-7-5-6-8-14(13)15-11-18(3)17-12(15)2/h5-8,11,16H,4,9-10H2,1-3H3. The van der Waals surface area contributed by atoms with Gasteiger partial charge in [0, 0.05) is 25.4 Å². The molecule has 0 fully saturated rings. The highest BCUT2D eigenvalue weighted by Gasteiger charge is 2.09. The van der Waals surface area contributed by atoms with Crippen LogP contribution in [0.1, 0.15) is 24.6 Å². The number of aryl methyl sites for hydroxylation is 2. The van der Waals surface area contributed by atoms with Crippen LogP contribution in [-0.4, -0.2) is 16.3 Å². The quantitative estimate of drug-likeness (QED) is 0.818. The van der Waals surface area contributed by atoms with E-state index in [1.165, 1.54) is 16.7 Å². The van der Waals surface area contributed by atoms with Gasteiger partial charge in [0.25, 0.3) is 0 Å². The van der Waals surface area contributed by atoms with Crippen molar-refractivity contribution in [1.29, 1.82) is 0 Å². The molecule has 0 aliphatic carbocycles. The summed E-state index contributed by atoms with van der Waals surface area (Å²) in [5.74, 6) is 0. The fraction of sp³-hybridized carbons (Fsp3) is 0.400. The molecule has 0 unspecified atom stereocenters. The van der Waals surface area contributed by atoms with E-state index in [0.29, 0.717) is 0 Å². The van der Waals surface area contributed by atoms with Crippen molar-refractivity contribution in [3.63, 3.8) is 0 Å². The predicted octanol–water partition coefficient (Wildman–Crippen LogP) is 2.90. The first kappa shape index (κ1) is 12.8. The van der Waals surface area contributed by atoms with Gasteiger partial charge in [-0.25, -0.2) is 0 Å². The molecule has 0 atom stereocenters. The summed E-state index contributed by atoms with van der Waals surface area (Å²) in [5, 5.41) is 7.88. The predicted molar refractivity (Wildman–Crippen MR) is 75.4 cm³/mol. The van der Waals surface area contributed by atoms with Crippen LogP contribution < -0.4 is 5.32 Å². The highest BCUT2D eigenvalue weighted by molar-refractivity contribution is 5.68. The van der Waals surface area contributed by atoms with Crippen molar-refractivity contribution in [2.75, 3.05) is 6.54 Å². The molecular formula is C15H21N3. The average Bonchev–Trinajstić information content (AvgIpc) is 2.69.